The molecule has 4 aromatic rings. The summed E-state index contributed by atoms with van der Waals surface area (Å²) in [7, 11) is 2.04. The Morgan fingerprint density at radius 3 is 2.56 bits per heavy atom. The SMILES string of the molecule is CN1CCN(CCOc2ncc(-c3cnc(Nc4ccc(F)c(Cl)c4)nc3-n3ccc(C(F)(F)F)n3)cc2C(=O)O)CC1. The fourth-order valence-corrected chi connectivity index (χ4v) is 4.50. The van der Waals surface area contributed by atoms with Gasteiger partial charge in [-0.15, -0.1) is 0 Å². The van der Waals surface area contributed by atoms with Crippen LogP contribution < -0.4 is 10.1 Å². The Labute approximate surface area is 247 Å². The van der Waals surface area contributed by atoms with E-state index >= 15 is 0 Å². The summed E-state index contributed by atoms with van der Waals surface area (Å²) in [5.74, 6) is -2.23. The van der Waals surface area contributed by atoms with E-state index in [-0.39, 0.29) is 46.0 Å². The Balaban J connectivity index is 1.46. The molecule has 5 rings (SSSR count). The smallest absolute Gasteiger partial charge is 0.435 e. The van der Waals surface area contributed by atoms with Crippen LogP contribution in [0, 0.1) is 5.82 Å². The van der Waals surface area contributed by atoms with Crippen molar-refractivity contribution >= 4 is 29.2 Å². The molecule has 2 N–H and O–H groups in total. The van der Waals surface area contributed by atoms with Gasteiger partial charge < -0.3 is 20.1 Å². The van der Waals surface area contributed by atoms with Crippen molar-refractivity contribution in [3.05, 3.63) is 71.0 Å². The number of carboxylic acid groups (broad SMARTS) is 1. The molecule has 4 heterocycles. The number of ether oxygens (including phenoxy) is 1. The van der Waals surface area contributed by atoms with Crippen molar-refractivity contribution in [2.45, 2.75) is 6.18 Å². The number of anilines is 2. The van der Waals surface area contributed by atoms with Gasteiger partial charge in [-0.3, -0.25) is 4.90 Å². The first-order valence-electron chi connectivity index (χ1n) is 13.0. The highest BCUT2D eigenvalue weighted by Crippen LogP contribution is 2.32. The summed E-state index contributed by atoms with van der Waals surface area (Å²) in [4.78, 5) is 29.3. The topological polar surface area (TPSA) is 122 Å². The monoisotopic (exact) mass is 620 g/mol. The molecule has 1 aliphatic heterocycles. The minimum Gasteiger partial charge on any atom is -0.477 e. The number of hydrogen-bond acceptors (Lipinski definition) is 9. The molecular weight excluding hydrogens is 596 g/mol. The van der Waals surface area contributed by atoms with Crippen LogP contribution in [0.3, 0.4) is 0 Å². The molecule has 0 unspecified atom stereocenters. The first-order chi connectivity index (χ1) is 20.5. The lowest BCUT2D eigenvalue weighted by molar-refractivity contribution is -0.141. The molecule has 0 aliphatic carbocycles. The van der Waals surface area contributed by atoms with Crippen molar-refractivity contribution in [1.29, 1.82) is 0 Å². The second kappa shape index (κ2) is 12.5. The molecular formula is C27H25ClF4N8O3. The zero-order valence-electron chi connectivity index (χ0n) is 22.6. The molecule has 0 amide bonds. The Kier molecular flexibility index (Phi) is 8.75. The molecule has 1 aromatic carbocycles. The predicted molar refractivity (Wildman–Crippen MR) is 148 cm³/mol. The van der Waals surface area contributed by atoms with Crippen LogP contribution in [0.1, 0.15) is 16.1 Å². The second-order valence-electron chi connectivity index (χ2n) is 9.70. The first-order valence-corrected chi connectivity index (χ1v) is 13.4. The van der Waals surface area contributed by atoms with E-state index in [4.69, 9.17) is 16.3 Å². The molecule has 11 nitrogen and oxygen atoms in total. The van der Waals surface area contributed by atoms with Crippen LogP contribution >= 0.6 is 11.6 Å². The van der Waals surface area contributed by atoms with E-state index in [1.807, 2.05) is 7.05 Å². The largest absolute Gasteiger partial charge is 0.477 e. The van der Waals surface area contributed by atoms with Crippen LogP contribution in [-0.4, -0.2) is 92.0 Å². The van der Waals surface area contributed by atoms with Gasteiger partial charge in [-0.1, -0.05) is 11.6 Å². The summed E-state index contributed by atoms with van der Waals surface area (Å²) >= 11 is 5.84. The molecule has 0 radical (unpaired) electrons. The van der Waals surface area contributed by atoms with Crippen LogP contribution in [0.15, 0.2) is 48.9 Å². The third-order valence-electron chi connectivity index (χ3n) is 6.68. The number of hydrogen-bond donors (Lipinski definition) is 2. The molecule has 1 saturated heterocycles. The number of alkyl halides is 3. The van der Waals surface area contributed by atoms with E-state index in [1.165, 1.54) is 30.6 Å². The highest BCUT2D eigenvalue weighted by Gasteiger charge is 2.34. The summed E-state index contributed by atoms with van der Waals surface area (Å²) in [6.45, 7) is 4.37. The van der Waals surface area contributed by atoms with Gasteiger partial charge in [-0.05, 0) is 37.4 Å². The van der Waals surface area contributed by atoms with E-state index in [0.717, 1.165) is 49.2 Å². The normalized spacial score (nSPS) is 14.6. The second-order valence-corrected chi connectivity index (χ2v) is 10.1. The van der Waals surface area contributed by atoms with Gasteiger partial charge in [0.05, 0.1) is 5.02 Å². The fourth-order valence-electron chi connectivity index (χ4n) is 4.32. The Hall–Kier alpha value is -4.34. The van der Waals surface area contributed by atoms with Crippen LogP contribution in [0.5, 0.6) is 5.88 Å². The van der Waals surface area contributed by atoms with Crippen molar-refractivity contribution in [1.82, 2.24) is 34.5 Å². The van der Waals surface area contributed by atoms with E-state index in [9.17, 15) is 27.5 Å². The van der Waals surface area contributed by atoms with Crippen molar-refractivity contribution in [2.24, 2.45) is 0 Å². The number of piperazine rings is 1. The molecule has 3 aromatic heterocycles. The number of pyridine rings is 1. The van der Waals surface area contributed by atoms with Gasteiger partial charge in [-0.2, -0.15) is 23.3 Å². The van der Waals surface area contributed by atoms with Gasteiger partial charge in [0.2, 0.25) is 11.8 Å². The summed E-state index contributed by atoms with van der Waals surface area (Å²) in [5, 5.41) is 16.1. The predicted octanol–water partition coefficient (Wildman–Crippen LogP) is 4.60. The van der Waals surface area contributed by atoms with Crippen molar-refractivity contribution in [3.8, 4) is 22.8 Å². The highest BCUT2D eigenvalue weighted by atomic mass is 35.5. The third kappa shape index (κ3) is 7.18. The highest BCUT2D eigenvalue weighted by molar-refractivity contribution is 6.31. The molecule has 0 spiro atoms. The lowest BCUT2D eigenvalue weighted by Gasteiger charge is -2.32. The Bertz CT molecular complexity index is 1630. The van der Waals surface area contributed by atoms with E-state index < -0.39 is 23.7 Å². The number of nitrogens with zero attached hydrogens (tertiary/aromatic N) is 7. The molecule has 226 valence electrons. The lowest BCUT2D eigenvalue weighted by atomic mass is 10.1. The number of halogens is 5. The van der Waals surface area contributed by atoms with E-state index in [1.54, 1.807) is 0 Å². The zero-order valence-corrected chi connectivity index (χ0v) is 23.4. The van der Waals surface area contributed by atoms with Crippen LogP contribution in [-0.2, 0) is 6.18 Å². The van der Waals surface area contributed by atoms with Gasteiger partial charge in [-0.25, -0.2) is 23.8 Å². The van der Waals surface area contributed by atoms with Gasteiger partial charge in [0, 0.05) is 68.1 Å². The molecule has 16 heteroatoms. The molecule has 0 atom stereocenters. The van der Waals surface area contributed by atoms with E-state index in [0.29, 0.717) is 12.2 Å². The van der Waals surface area contributed by atoms with Crippen LogP contribution in [0.2, 0.25) is 5.02 Å². The maximum Gasteiger partial charge on any atom is 0.435 e. The molecule has 43 heavy (non-hydrogen) atoms. The zero-order chi connectivity index (χ0) is 30.7. The first kappa shape index (κ1) is 30.1. The number of benzene rings is 1. The maximum absolute atomic E-state index is 13.6. The lowest BCUT2D eigenvalue weighted by Crippen LogP contribution is -2.45. The number of likely N-dealkylation sites (N-methyl/N-ethyl adjacent to an activating group) is 1. The number of nitrogens with one attached hydrogen (secondary N) is 1. The summed E-state index contributed by atoms with van der Waals surface area (Å²) in [6.07, 6.45) is -1.05. The minimum atomic E-state index is -4.72. The number of aromatic nitrogens is 5. The Morgan fingerprint density at radius 2 is 1.88 bits per heavy atom. The molecule has 0 bridgehead atoms. The average molecular weight is 621 g/mol. The van der Waals surface area contributed by atoms with Crippen LogP contribution in [0.4, 0.5) is 29.2 Å². The standard InChI is InChI=1S/C27H25ClF4N8O3/c1-38-6-8-39(9-7-38)10-11-43-24-18(25(41)42)12-16(14-33-24)19-15-34-26(35-17-2-3-21(29)20(28)13-17)36-23(19)40-5-4-22(37-40)27(30,31)32/h2-5,12-15H,6-11H2,1H3,(H,41,42)(H,34,35,36). The fraction of sp³-hybridized carbons (Fsp3) is 0.296. The van der Waals surface area contributed by atoms with Gasteiger partial charge >= 0.3 is 12.1 Å². The average Bonchev–Trinajstić information content (AvgIpc) is 3.48. The maximum atomic E-state index is 13.6. The van der Waals surface area contributed by atoms with Crippen LogP contribution in [0.25, 0.3) is 16.9 Å². The van der Waals surface area contributed by atoms with Gasteiger partial charge in [0.15, 0.2) is 11.5 Å². The Morgan fingerprint density at radius 1 is 1.12 bits per heavy atom. The minimum absolute atomic E-state index is 0.0687. The number of carbonyl (C=O) groups is 1. The summed E-state index contributed by atoms with van der Waals surface area (Å²) in [6, 6.07) is 5.84. The number of rotatable bonds is 9. The third-order valence-corrected chi connectivity index (χ3v) is 6.97. The number of aromatic carboxylic acids is 1. The van der Waals surface area contributed by atoms with Crippen molar-refractivity contribution in [3.63, 3.8) is 0 Å². The van der Waals surface area contributed by atoms with Crippen molar-refractivity contribution in [2.75, 3.05) is 51.7 Å². The van der Waals surface area contributed by atoms with Crippen molar-refractivity contribution < 1.29 is 32.2 Å². The number of carboxylic acids is 1. The quantitative estimate of drug-likeness (QED) is 0.257. The molecule has 1 fully saturated rings. The van der Waals surface area contributed by atoms with E-state index in [2.05, 4.69) is 35.2 Å². The summed E-state index contributed by atoms with van der Waals surface area (Å²) in [5.41, 5.74) is -0.765. The molecule has 0 saturated carbocycles. The van der Waals surface area contributed by atoms with Gasteiger partial charge in [0.1, 0.15) is 18.0 Å². The molecule has 1 aliphatic rings. The van der Waals surface area contributed by atoms with Gasteiger partial charge in [0.25, 0.3) is 0 Å². The summed E-state index contributed by atoms with van der Waals surface area (Å²) < 4.78 is 60.2.